The lowest BCUT2D eigenvalue weighted by Crippen LogP contribution is -2.39. The Morgan fingerprint density at radius 2 is 1.42 bits per heavy atom. The van der Waals surface area contributed by atoms with Gasteiger partial charge in [-0.25, -0.2) is 4.99 Å². The second-order valence-electron chi connectivity index (χ2n) is 17.0. The number of benzene rings is 6. The van der Waals surface area contributed by atoms with Gasteiger partial charge in [-0.2, -0.15) is 0 Å². The van der Waals surface area contributed by atoms with Gasteiger partial charge in [-0.15, -0.1) is 6.42 Å². The Bertz CT molecular complexity index is 2870. The summed E-state index contributed by atoms with van der Waals surface area (Å²) < 4.78 is 0. The summed E-state index contributed by atoms with van der Waals surface area (Å²) in [4.78, 5) is 8.44. The molecular formula is C53H46N2. The van der Waals surface area contributed by atoms with Crippen LogP contribution in [0, 0.1) is 12.3 Å². The van der Waals surface area contributed by atoms with E-state index in [0.717, 1.165) is 23.9 Å². The summed E-state index contributed by atoms with van der Waals surface area (Å²) in [5, 5.41) is 4.84. The number of nitrogens with zero attached hydrogens (tertiary/aromatic N) is 2. The van der Waals surface area contributed by atoms with Gasteiger partial charge in [-0.3, -0.25) is 0 Å². The van der Waals surface area contributed by atoms with Gasteiger partial charge in [0.05, 0.1) is 11.7 Å². The lowest BCUT2D eigenvalue weighted by atomic mass is 9.80. The molecule has 0 saturated carbocycles. The van der Waals surface area contributed by atoms with E-state index >= 15 is 0 Å². The zero-order valence-corrected chi connectivity index (χ0v) is 32.7. The molecule has 0 saturated heterocycles. The quantitative estimate of drug-likeness (QED) is 0.163. The van der Waals surface area contributed by atoms with Crippen LogP contribution < -0.4 is 10.4 Å². The molecule has 0 N–H and O–H groups in total. The largest absolute Gasteiger partial charge is 0.351 e. The average Bonchev–Trinajstić information content (AvgIpc) is 3.48. The fourth-order valence-corrected chi connectivity index (χ4v) is 10.7. The highest BCUT2D eigenvalue weighted by molar-refractivity contribution is 6.04. The van der Waals surface area contributed by atoms with E-state index in [9.17, 15) is 0 Å². The van der Waals surface area contributed by atoms with Gasteiger partial charge in [0.25, 0.3) is 0 Å². The fraction of sp³-hybridized carbons (Fsp3) is 0.226. The van der Waals surface area contributed by atoms with Crippen molar-refractivity contribution >= 4 is 34.3 Å². The van der Waals surface area contributed by atoms with Crippen LogP contribution >= 0.6 is 0 Å². The van der Waals surface area contributed by atoms with Crippen molar-refractivity contribution in [3.8, 4) is 34.6 Å². The molecule has 2 unspecified atom stereocenters. The number of hydrogen-bond acceptors (Lipinski definition) is 2. The molecule has 1 heterocycles. The van der Waals surface area contributed by atoms with Crippen LogP contribution in [0.4, 0.5) is 0 Å². The lowest BCUT2D eigenvalue weighted by molar-refractivity contribution is 0.417. The SMILES string of the molecule is C#C/C=c1/cc2c(c/c1=C/C)-c1ccc3ccccc3c1C(C1=NC3=C(c4ccccc4C3(C)C)C(c3ccc4c(c3)-c3ccccc3C4(C)C)N1C)CC2. The molecule has 0 spiro atoms. The first-order valence-electron chi connectivity index (χ1n) is 19.8. The third-order valence-corrected chi connectivity index (χ3v) is 13.4. The van der Waals surface area contributed by atoms with Crippen LogP contribution in [0.3, 0.4) is 0 Å². The summed E-state index contributed by atoms with van der Waals surface area (Å²) in [5.41, 5.74) is 17.1. The van der Waals surface area contributed by atoms with E-state index in [4.69, 9.17) is 11.4 Å². The normalized spacial score (nSPS) is 20.5. The molecule has 0 aromatic heterocycles. The predicted octanol–water partition coefficient (Wildman–Crippen LogP) is 10.8. The van der Waals surface area contributed by atoms with Crippen LogP contribution in [0.2, 0.25) is 0 Å². The first-order chi connectivity index (χ1) is 26.6. The lowest BCUT2D eigenvalue weighted by Gasteiger charge is -2.41. The Morgan fingerprint density at radius 3 is 2.20 bits per heavy atom. The van der Waals surface area contributed by atoms with Gasteiger partial charge in [-0.1, -0.05) is 137 Å². The van der Waals surface area contributed by atoms with Crippen molar-refractivity contribution in [2.24, 2.45) is 4.99 Å². The van der Waals surface area contributed by atoms with Crippen LogP contribution in [-0.4, -0.2) is 17.8 Å². The molecule has 0 radical (unpaired) electrons. The number of aliphatic imine (C=N–C) groups is 1. The maximum absolute atomic E-state index is 5.90. The minimum Gasteiger partial charge on any atom is -0.351 e. The molecule has 2 atom stereocenters. The molecule has 1 aliphatic heterocycles. The molecule has 2 nitrogen and oxygen atoms in total. The van der Waals surface area contributed by atoms with Crippen molar-refractivity contribution in [3.63, 3.8) is 0 Å². The number of hydrogen-bond donors (Lipinski definition) is 0. The van der Waals surface area contributed by atoms with E-state index in [1.165, 1.54) is 88.5 Å². The van der Waals surface area contributed by atoms with Crippen LogP contribution in [0.25, 0.3) is 50.8 Å². The molecule has 0 bridgehead atoms. The Morgan fingerprint density at radius 1 is 0.709 bits per heavy atom. The second-order valence-corrected chi connectivity index (χ2v) is 17.0. The van der Waals surface area contributed by atoms with Gasteiger partial charge in [0.15, 0.2) is 0 Å². The van der Waals surface area contributed by atoms with Crippen LogP contribution in [0.5, 0.6) is 0 Å². The average molecular weight is 711 g/mol. The van der Waals surface area contributed by atoms with Gasteiger partial charge in [0, 0.05) is 29.4 Å². The van der Waals surface area contributed by atoms with Gasteiger partial charge in [0.2, 0.25) is 0 Å². The van der Waals surface area contributed by atoms with Crippen molar-refractivity contribution in [3.05, 3.63) is 170 Å². The molecule has 6 aromatic carbocycles. The van der Waals surface area contributed by atoms with Crippen LogP contribution in [-0.2, 0) is 17.3 Å². The molecule has 0 fully saturated rings. The number of rotatable bonds is 2. The molecule has 55 heavy (non-hydrogen) atoms. The molecule has 10 rings (SSSR count). The summed E-state index contributed by atoms with van der Waals surface area (Å²) >= 11 is 0. The standard InChI is InChI=1S/C53H46N2/c1-8-16-34-29-35-24-27-41(47-37-18-11-10-17-33(37)23-26-39(47)42(35)30-32(34)9-2)51-54-50-48(40-20-13-15-22-45(40)53(50,5)6)49(55(51)7)36-25-28-46-43(31-36)38-19-12-14-21-44(38)52(46,3)4/h1,9-23,25-26,28-31,41,49H,24,27H2,2-7H3/b32-9-,34-16-. The topological polar surface area (TPSA) is 15.6 Å². The van der Waals surface area contributed by atoms with Crippen molar-refractivity contribution < 1.29 is 0 Å². The zero-order chi connectivity index (χ0) is 37.8. The van der Waals surface area contributed by atoms with E-state index in [0.29, 0.717) is 0 Å². The van der Waals surface area contributed by atoms with Crippen LogP contribution in [0.15, 0.2) is 126 Å². The first kappa shape index (κ1) is 33.6. The Balaban J connectivity index is 1.22. The maximum Gasteiger partial charge on any atom is 0.113 e. The first-order valence-corrected chi connectivity index (χ1v) is 19.8. The third-order valence-electron chi connectivity index (χ3n) is 13.4. The highest BCUT2D eigenvalue weighted by Gasteiger charge is 2.47. The number of fused-ring (bicyclic) bond motifs is 10. The molecular weight excluding hydrogens is 665 g/mol. The summed E-state index contributed by atoms with van der Waals surface area (Å²) in [7, 11) is 2.30. The van der Waals surface area contributed by atoms with Gasteiger partial charge in [-0.05, 0) is 126 Å². The van der Waals surface area contributed by atoms with E-state index < -0.39 is 0 Å². The van der Waals surface area contributed by atoms with Crippen LogP contribution in [0.1, 0.15) is 91.9 Å². The summed E-state index contributed by atoms with van der Waals surface area (Å²) in [6, 6.07) is 43.6. The Labute approximate surface area is 325 Å². The summed E-state index contributed by atoms with van der Waals surface area (Å²) in [6.45, 7) is 11.6. The molecule has 2 heteroatoms. The van der Waals surface area contributed by atoms with E-state index in [-0.39, 0.29) is 22.8 Å². The van der Waals surface area contributed by atoms with Gasteiger partial charge in [0.1, 0.15) is 5.84 Å². The van der Waals surface area contributed by atoms with Crippen molar-refractivity contribution in [1.82, 2.24) is 4.90 Å². The van der Waals surface area contributed by atoms with E-state index in [2.05, 4.69) is 174 Å². The number of terminal acetylenes is 1. The van der Waals surface area contributed by atoms with Crippen molar-refractivity contribution in [2.75, 3.05) is 7.05 Å². The van der Waals surface area contributed by atoms with E-state index in [1.54, 1.807) is 0 Å². The highest BCUT2D eigenvalue weighted by atomic mass is 15.2. The van der Waals surface area contributed by atoms with Gasteiger partial charge >= 0.3 is 0 Å². The molecule has 3 aliphatic carbocycles. The monoisotopic (exact) mass is 710 g/mol. The molecule has 4 aliphatic rings. The van der Waals surface area contributed by atoms with Crippen molar-refractivity contribution in [1.29, 1.82) is 0 Å². The van der Waals surface area contributed by atoms with Crippen molar-refractivity contribution in [2.45, 2.75) is 70.3 Å². The fourth-order valence-electron chi connectivity index (χ4n) is 10.7. The number of aryl methyl sites for hydroxylation is 1. The van der Waals surface area contributed by atoms with E-state index in [1.807, 2.05) is 6.08 Å². The summed E-state index contributed by atoms with van der Waals surface area (Å²) in [6.07, 6.45) is 11.8. The predicted molar refractivity (Wildman–Crippen MR) is 231 cm³/mol. The smallest absolute Gasteiger partial charge is 0.113 e. The maximum atomic E-state index is 5.90. The molecule has 0 amide bonds. The third kappa shape index (κ3) is 4.72. The Hall–Kier alpha value is -5.91. The Kier molecular flexibility index (Phi) is 7.37. The zero-order valence-electron chi connectivity index (χ0n) is 32.7. The van der Waals surface area contributed by atoms with Gasteiger partial charge < -0.3 is 4.90 Å². The second kappa shape index (κ2) is 12.0. The summed E-state index contributed by atoms with van der Waals surface area (Å²) in [5.74, 6) is 4.01. The number of allylic oxidation sites excluding steroid dienone is 1. The molecule has 268 valence electrons. The highest BCUT2D eigenvalue weighted by Crippen LogP contribution is 2.57. The number of amidine groups is 1. The molecule has 6 aromatic rings. The number of likely N-dealkylation sites (N-methyl/N-ethyl adjacent to an activating group) is 1. The minimum absolute atomic E-state index is 0.00576. The minimum atomic E-state index is -0.247.